The molecule has 0 saturated heterocycles. The SMILES string of the molecule is O=C([O-])/C=C/I.O=C([O-])/C=C/I.O=C([O-])/C=C/I.[Al+3]. The fourth-order valence-electron chi connectivity index (χ4n) is 0.154. The van der Waals surface area contributed by atoms with E-state index in [4.69, 9.17) is 0 Å². The van der Waals surface area contributed by atoms with Crippen molar-refractivity contribution < 1.29 is 29.7 Å². The van der Waals surface area contributed by atoms with Gasteiger partial charge in [-0.15, -0.1) is 0 Å². The van der Waals surface area contributed by atoms with E-state index in [2.05, 4.69) is 0 Å². The molecule has 0 fully saturated rings. The quantitative estimate of drug-likeness (QED) is 0.220. The van der Waals surface area contributed by atoms with E-state index in [0.29, 0.717) is 0 Å². The van der Waals surface area contributed by atoms with Gasteiger partial charge < -0.3 is 29.7 Å². The Morgan fingerprint density at radius 2 is 0.789 bits per heavy atom. The first-order chi connectivity index (χ1) is 8.31. The van der Waals surface area contributed by atoms with Crippen LogP contribution in [0, 0.1) is 0 Å². The van der Waals surface area contributed by atoms with Gasteiger partial charge in [0.15, 0.2) is 0 Å². The number of carbonyl (C=O) groups excluding carboxylic acids is 3. The topological polar surface area (TPSA) is 120 Å². The van der Waals surface area contributed by atoms with Gasteiger partial charge >= 0.3 is 17.4 Å². The van der Waals surface area contributed by atoms with E-state index in [1.54, 1.807) is 67.8 Å². The van der Waals surface area contributed by atoms with Gasteiger partial charge in [-0.2, -0.15) is 0 Å². The van der Waals surface area contributed by atoms with Crippen molar-refractivity contribution >= 4 is 103 Å². The molecule has 0 aliphatic carbocycles. The molecular formula is C9H6AlI3O6. The second kappa shape index (κ2) is 23.4. The summed E-state index contributed by atoms with van der Waals surface area (Å²) >= 11 is 5.40. The van der Waals surface area contributed by atoms with E-state index in [0.717, 1.165) is 18.2 Å². The summed E-state index contributed by atoms with van der Waals surface area (Å²) in [5.41, 5.74) is 0. The molecule has 0 aliphatic rings. The summed E-state index contributed by atoms with van der Waals surface area (Å²) in [7, 11) is 0. The number of carboxylic acid groups (broad SMARTS) is 3. The van der Waals surface area contributed by atoms with E-state index in [1.807, 2.05) is 0 Å². The van der Waals surface area contributed by atoms with Crippen LogP contribution in [0.4, 0.5) is 0 Å². The van der Waals surface area contributed by atoms with Crippen molar-refractivity contribution in [2.45, 2.75) is 0 Å². The van der Waals surface area contributed by atoms with Crippen LogP contribution in [0.2, 0.25) is 0 Å². The van der Waals surface area contributed by atoms with Crippen LogP contribution >= 0.6 is 67.8 Å². The molecule has 0 rings (SSSR count). The van der Waals surface area contributed by atoms with E-state index in [9.17, 15) is 29.7 Å². The van der Waals surface area contributed by atoms with Gasteiger partial charge in [-0.25, -0.2) is 0 Å². The Kier molecular flexibility index (Phi) is 34.1. The van der Waals surface area contributed by atoms with Gasteiger partial charge in [0.25, 0.3) is 0 Å². The Morgan fingerprint density at radius 1 is 0.632 bits per heavy atom. The van der Waals surface area contributed by atoms with Crippen LogP contribution < -0.4 is 15.3 Å². The Labute approximate surface area is 161 Å². The number of carboxylic acids is 3. The number of hydrogen-bond acceptors (Lipinski definition) is 6. The molecule has 0 amide bonds. The van der Waals surface area contributed by atoms with Crippen LogP contribution in [0.25, 0.3) is 0 Å². The molecule has 0 aliphatic heterocycles. The molecule has 0 unspecified atom stereocenters. The molecule has 0 N–H and O–H groups in total. The van der Waals surface area contributed by atoms with Crippen LogP contribution in [-0.2, 0) is 14.4 Å². The Morgan fingerprint density at radius 3 is 0.789 bits per heavy atom. The molecule has 0 aromatic rings. The number of halogens is 3. The minimum atomic E-state index is -1.15. The van der Waals surface area contributed by atoms with Gasteiger partial charge in [0.2, 0.25) is 0 Å². The maximum Gasteiger partial charge on any atom is 3.00 e. The first kappa shape index (κ1) is 27.7. The van der Waals surface area contributed by atoms with Crippen molar-refractivity contribution in [3.63, 3.8) is 0 Å². The van der Waals surface area contributed by atoms with Gasteiger partial charge in [-0.1, -0.05) is 67.8 Å². The van der Waals surface area contributed by atoms with E-state index in [-0.39, 0.29) is 17.4 Å². The Hall–Kier alpha value is 0.352. The first-order valence-corrected chi connectivity index (χ1v) is 7.48. The van der Waals surface area contributed by atoms with Crippen molar-refractivity contribution in [2.75, 3.05) is 0 Å². The summed E-state index contributed by atoms with van der Waals surface area (Å²) < 4.78 is 4.15. The van der Waals surface area contributed by atoms with Gasteiger partial charge in [-0.05, 0) is 30.5 Å². The summed E-state index contributed by atoms with van der Waals surface area (Å²) in [6, 6.07) is 0. The fraction of sp³-hybridized carbons (Fsp3) is 0. The zero-order valence-corrected chi connectivity index (χ0v) is 16.8. The van der Waals surface area contributed by atoms with Crippen LogP contribution in [0.15, 0.2) is 30.5 Å². The average molecular weight is 618 g/mol. The maximum absolute atomic E-state index is 9.40. The minimum absolute atomic E-state index is 0. The molecule has 10 heteroatoms. The van der Waals surface area contributed by atoms with E-state index in [1.165, 1.54) is 12.2 Å². The summed E-state index contributed by atoms with van der Waals surface area (Å²) in [5, 5.41) is 28.2. The van der Waals surface area contributed by atoms with Crippen molar-refractivity contribution in [1.29, 1.82) is 0 Å². The van der Waals surface area contributed by atoms with Gasteiger partial charge in [-0.3, -0.25) is 0 Å². The number of rotatable bonds is 3. The Bertz CT molecular complexity index is 289. The molecule has 0 aromatic carbocycles. The van der Waals surface area contributed by atoms with Crippen molar-refractivity contribution in [3.05, 3.63) is 30.5 Å². The summed E-state index contributed by atoms with van der Waals surface area (Å²) in [6.07, 6.45) is 2.88. The second-order valence-electron chi connectivity index (χ2n) is 1.84. The van der Waals surface area contributed by atoms with Gasteiger partial charge in [0, 0.05) is 0 Å². The van der Waals surface area contributed by atoms with Gasteiger partial charge in [0.1, 0.15) is 0 Å². The third-order valence-corrected chi connectivity index (χ3v) is 1.68. The summed E-state index contributed by atoms with van der Waals surface area (Å²) in [5.74, 6) is -3.45. The zero-order chi connectivity index (χ0) is 15.0. The molecule has 0 saturated carbocycles. The molecular weight excluding hydrogens is 612 g/mol. The molecule has 0 atom stereocenters. The minimum Gasteiger partial charge on any atom is -0.545 e. The van der Waals surface area contributed by atoms with Crippen LogP contribution in [0.3, 0.4) is 0 Å². The summed E-state index contributed by atoms with van der Waals surface area (Å²) in [6.45, 7) is 0. The fourth-order valence-corrected chi connectivity index (χ4v) is 1.04. The monoisotopic (exact) mass is 618 g/mol. The predicted molar refractivity (Wildman–Crippen MR) is 90.3 cm³/mol. The predicted octanol–water partition coefficient (Wildman–Crippen LogP) is -1.33. The molecule has 0 aromatic heterocycles. The van der Waals surface area contributed by atoms with Crippen LogP contribution in [-0.4, -0.2) is 35.3 Å². The molecule has 0 spiro atoms. The molecule has 19 heavy (non-hydrogen) atoms. The third-order valence-electron chi connectivity index (χ3n) is 0.597. The van der Waals surface area contributed by atoms with Crippen molar-refractivity contribution in [2.24, 2.45) is 0 Å². The Balaban J connectivity index is -0.0000000865. The zero-order valence-electron chi connectivity index (χ0n) is 9.12. The molecule has 6 nitrogen and oxygen atoms in total. The standard InChI is InChI=1S/3C3H3IO2.Al/c3*4-2-1-3(5)6;/h3*1-2H,(H,5,6);/q;;;+3/p-3/b3*2-1+;. The molecule has 102 valence electrons. The first-order valence-electron chi connectivity index (χ1n) is 3.75. The largest absolute Gasteiger partial charge is 3.00 e. The van der Waals surface area contributed by atoms with Gasteiger partial charge in [0.05, 0.1) is 17.9 Å². The summed E-state index contributed by atoms with van der Waals surface area (Å²) in [4.78, 5) is 28.2. The van der Waals surface area contributed by atoms with Crippen molar-refractivity contribution in [3.8, 4) is 0 Å². The molecule has 0 radical (unpaired) electrons. The number of aliphatic carboxylic acids is 3. The normalized spacial score (nSPS) is 9.00. The number of carbonyl (C=O) groups is 3. The van der Waals surface area contributed by atoms with Crippen LogP contribution in [0.1, 0.15) is 0 Å². The van der Waals surface area contributed by atoms with Crippen LogP contribution in [0.5, 0.6) is 0 Å². The molecule has 0 bridgehead atoms. The van der Waals surface area contributed by atoms with E-state index < -0.39 is 17.9 Å². The smallest absolute Gasteiger partial charge is 0.545 e. The van der Waals surface area contributed by atoms with Crippen molar-refractivity contribution in [1.82, 2.24) is 0 Å². The van der Waals surface area contributed by atoms with E-state index >= 15 is 0 Å². The number of hydrogen-bond donors (Lipinski definition) is 0. The second-order valence-corrected chi connectivity index (χ2v) is 3.99. The maximum atomic E-state index is 9.40. The molecule has 0 heterocycles. The third kappa shape index (κ3) is 56.1. The average Bonchev–Trinajstić information content (AvgIpc) is 2.18.